The second-order valence-corrected chi connectivity index (χ2v) is 5.06. The van der Waals surface area contributed by atoms with Crippen LogP contribution in [-0.4, -0.2) is 19.6 Å². The molecule has 0 fully saturated rings. The highest BCUT2D eigenvalue weighted by Crippen LogP contribution is 2.18. The Morgan fingerprint density at radius 1 is 1.14 bits per heavy atom. The first-order chi connectivity index (χ1) is 10.2. The lowest BCUT2D eigenvalue weighted by molar-refractivity contribution is 0.0950. The Hall–Kier alpha value is -2.00. The van der Waals surface area contributed by atoms with Crippen LogP contribution in [-0.2, 0) is 6.42 Å². The second kappa shape index (κ2) is 7.70. The first-order valence-corrected chi connectivity index (χ1v) is 7.25. The summed E-state index contributed by atoms with van der Waals surface area (Å²) in [4.78, 5) is 12.1. The van der Waals surface area contributed by atoms with Gasteiger partial charge in [0.15, 0.2) is 0 Å². The van der Waals surface area contributed by atoms with E-state index in [9.17, 15) is 4.79 Å². The van der Waals surface area contributed by atoms with Gasteiger partial charge in [-0.2, -0.15) is 0 Å². The molecule has 2 aromatic rings. The van der Waals surface area contributed by atoms with E-state index in [4.69, 9.17) is 16.3 Å². The van der Waals surface area contributed by atoms with Crippen molar-refractivity contribution < 1.29 is 9.53 Å². The predicted molar refractivity (Wildman–Crippen MR) is 85.1 cm³/mol. The van der Waals surface area contributed by atoms with Crippen molar-refractivity contribution in [1.29, 1.82) is 0 Å². The molecule has 0 spiro atoms. The number of amides is 1. The minimum absolute atomic E-state index is 0.119. The van der Waals surface area contributed by atoms with Crippen molar-refractivity contribution in [3.63, 3.8) is 0 Å². The molecule has 0 aliphatic heterocycles. The fraction of sp³-hybridized carbons (Fsp3) is 0.235. The summed E-state index contributed by atoms with van der Waals surface area (Å²) < 4.78 is 5.18. The number of hydrogen-bond acceptors (Lipinski definition) is 2. The normalized spacial score (nSPS) is 10.2. The molecule has 21 heavy (non-hydrogen) atoms. The maximum atomic E-state index is 12.1. The molecule has 0 saturated heterocycles. The van der Waals surface area contributed by atoms with Crippen LogP contribution in [0, 0.1) is 0 Å². The summed E-state index contributed by atoms with van der Waals surface area (Å²) in [6.07, 6.45) is 1.68. The SMILES string of the molecule is COc1ccccc1C(=O)NCCCc1ccccc1Cl. The van der Waals surface area contributed by atoms with E-state index >= 15 is 0 Å². The number of benzene rings is 2. The zero-order valence-corrected chi connectivity index (χ0v) is 12.7. The zero-order chi connectivity index (χ0) is 15.1. The molecule has 2 aromatic carbocycles. The third kappa shape index (κ3) is 4.23. The Morgan fingerprint density at radius 3 is 2.62 bits per heavy atom. The molecule has 0 heterocycles. The molecule has 0 bridgehead atoms. The molecule has 3 nitrogen and oxygen atoms in total. The van der Waals surface area contributed by atoms with Gasteiger partial charge in [0.25, 0.3) is 5.91 Å². The van der Waals surface area contributed by atoms with E-state index in [1.807, 2.05) is 36.4 Å². The van der Waals surface area contributed by atoms with Crippen molar-refractivity contribution in [2.75, 3.05) is 13.7 Å². The van der Waals surface area contributed by atoms with Gasteiger partial charge in [0.2, 0.25) is 0 Å². The Bertz CT molecular complexity index is 613. The van der Waals surface area contributed by atoms with E-state index < -0.39 is 0 Å². The van der Waals surface area contributed by atoms with Crippen LogP contribution in [0.25, 0.3) is 0 Å². The fourth-order valence-electron chi connectivity index (χ4n) is 2.11. The summed E-state index contributed by atoms with van der Waals surface area (Å²) in [5.41, 5.74) is 1.66. The van der Waals surface area contributed by atoms with E-state index in [1.54, 1.807) is 19.2 Å². The Labute approximate surface area is 129 Å². The van der Waals surface area contributed by atoms with E-state index in [1.165, 1.54) is 0 Å². The average molecular weight is 304 g/mol. The molecule has 0 saturated carbocycles. The Morgan fingerprint density at radius 2 is 1.86 bits per heavy atom. The van der Waals surface area contributed by atoms with Gasteiger partial charge in [-0.15, -0.1) is 0 Å². The van der Waals surface area contributed by atoms with Gasteiger partial charge < -0.3 is 10.1 Å². The highest BCUT2D eigenvalue weighted by Gasteiger charge is 2.10. The first kappa shape index (κ1) is 15.4. The van der Waals surface area contributed by atoms with Crippen molar-refractivity contribution in [2.45, 2.75) is 12.8 Å². The lowest BCUT2D eigenvalue weighted by atomic mass is 10.1. The lowest BCUT2D eigenvalue weighted by Crippen LogP contribution is -2.25. The predicted octanol–water partition coefficient (Wildman–Crippen LogP) is 3.71. The number of para-hydroxylation sites is 1. The molecule has 0 radical (unpaired) electrons. The number of nitrogens with one attached hydrogen (secondary N) is 1. The van der Waals surface area contributed by atoms with E-state index in [0.717, 1.165) is 23.4 Å². The summed E-state index contributed by atoms with van der Waals surface area (Å²) in [6, 6.07) is 15.0. The smallest absolute Gasteiger partial charge is 0.255 e. The van der Waals surface area contributed by atoms with E-state index in [-0.39, 0.29) is 5.91 Å². The van der Waals surface area contributed by atoms with Crippen LogP contribution in [0.3, 0.4) is 0 Å². The van der Waals surface area contributed by atoms with E-state index in [2.05, 4.69) is 5.32 Å². The highest BCUT2D eigenvalue weighted by molar-refractivity contribution is 6.31. The maximum absolute atomic E-state index is 12.1. The summed E-state index contributed by atoms with van der Waals surface area (Å²) in [5, 5.41) is 3.67. The van der Waals surface area contributed by atoms with Crippen LogP contribution >= 0.6 is 11.6 Å². The monoisotopic (exact) mass is 303 g/mol. The third-order valence-corrected chi connectivity index (χ3v) is 3.59. The van der Waals surface area contributed by atoms with Crippen LogP contribution in [0.4, 0.5) is 0 Å². The number of hydrogen-bond donors (Lipinski definition) is 1. The number of methoxy groups -OCH3 is 1. The van der Waals surface area contributed by atoms with Crippen LogP contribution in [0.5, 0.6) is 5.75 Å². The number of halogens is 1. The van der Waals surface area contributed by atoms with Crippen molar-refractivity contribution in [2.24, 2.45) is 0 Å². The van der Waals surface area contributed by atoms with Gasteiger partial charge in [0, 0.05) is 11.6 Å². The minimum Gasteiger partial charge on any atom is -0.496 e. The van der Waals surface area contributed by atoms with Gasteiger partial charge in [-0.05, 0) is 36.6 Å². The van der Waals surface area contributed by atoms with Gasteiger partial charge in [0.1, 0.15) is 5.75 Å². The van der Waals surface area contributed by atoms with Crippen LogP contribution in [0.1, 0.15) is 22.3 Å². The number of ether oxygens (including phenoxy) is 1. The highest BCUT2D eigenvalue weighted by atomic mass is 35.5. The van der Waals surface area contributed by atoms with Crippen molar-refractivity contribution in [1.82, 2.24) is 5.32 Å². The van der Waals surface area contributed by atoms with Gasteiger partial charge >= 0.3 is 0 Å². The van der Waals surface area contributed by atoms with Gasteiger partial charge in [-0.25, -0.2) is 0 Å². The second-order valence-electron chi connectivity index (χ2n) is 4.65. The largest absolute Gasteiger partial charge is 0.496 e. The Balaban J connectivity index is 1.83. The number of rotatable bonds is 6. The topological polar surface area (TPSA) is 38.3 Å². The number of aryl methyl sites for hydroxylation is 1. The fourth-order valence-corrected chi connectivity index (χ4v) is 2.34. The molecule has 110 valence electrons. The zero-order valence-electron chi connectivity index (χ0n) is 11.9. The number of carbonyl (C=O) groups is 1. The third-order valence-electron chi connectivity index (χ3n) is 3.22. The van der Waals surface area contributed by atoms with Gasteiger partial charge in [-0.3, -0.25) is 4.79 Å². The van der Waals surface area contributed by atoms with Crippen LogP contribution in [0.2, 0.25) is 5.02 Å². The van der Waals surface area contributed by atoms with E-state index in [0.29, 0.717) is 17.9 Å². The standard InChI is InChI=1S/C17H18ClNO2/c1-21-16-11-5-3-9-14(16)17(20)19-12-6-8-13-7-2-4-10-15(13)18/h2-5,7,9-11H,6,8,12H2,1H3,(H,19,20). The first-order valence-electron chi connectivity index (χ1n) is 6.87. The Kier molecular flexibility index (Phi) is 5.64. The molecular weight excluding hydrogens is 286 g/mol. The van der Waals surface area contributed by atoms with Gasteiger partial charge in [-0.1, -0.05) is 41.9 Å². The quantitative estimate of drug-likeness (QED) is 0.826. The maximum Gasteiger partial charge on any atom is 0.255 e. The molecule has 1 N–H and O–H groups in total. The molecule has 0 aromatic heterocycles. The lowest BCUT2D eigenvalue weighted by Gasteiger charge is -2.09. The van der Waals surface area contributed by atoms with Crippen LogP contribution in [0.15, 0.2) is 48.5 Å². The molecular formula is C17H18ClNO2. The molecule has 0 unspecified atom stereocenters. The summed E-state index contributed by atoms with van der Waals surface area (Å²) in [6.45, 7) is 0.599. The molecule has 4 heteroatoms. The molecule has 0 aliphatic carbocycles. The van der Waals surface area contributed by atoms with Gasteiger partial charge in [0.05, 0.1) is 12.7 Å². The van der Waals surface area contributed by atoms with Crippen LogP contribution < -0.4 is 10.1 Å². The number of carbonyl (C=O) groups excluding carboxylic acids is 1. The van der Waals surface area contributed by atoms with Crippen molar-refractivity contribution >= 4 is 17.5 Å². The van der Waals surface area contributed by atoms with Crippen molar-refractivity contribution in [3.05, 3.63) is 64.7 Å². The van der Waals surface area contributed by atoms with Crippen molar-refractivity contribution in [3.8, 4) is 5.75 Å². The molecule has 0 aliphatic rings. The molecule has 2 rings (SSSR count). The summed E-state index contributed by atoms with van der Waals surface area (Å²) in [7, 11) is 1.56. The molecule has 0 atom stereocenters. The average Bonchev–Trinajstić information content (AvgIpc) is 2.52. The summed E-state index contributed by atoms with van der Waals surface area (Å²) >= 11 is 6.10. The minimum atomic E-state index is -0.119. The summed E-state index contributed by atoms with van der Waals surface area (Å²) in [5.74, 6) is 0.465. The molecule has 1 amide bonds.